The van der Waals surface area contributed by atoms with Gasteiger partial charge in [-0.3, -0.25) is 0 Å². The van der Waals surface area contributed by atoms with E-state index in [1.54, 1.807) is 0 Å². The highest BCUT2D eigenvalue weighted by molar-refractivity contribution is 5.95. The SMILES string of the molecule is CN(C)c1ccc(C2(c3ccc(N(C)C)cc3)Oc3ccccc3-c3[nH]c4ccccc4c32)cc1. The number of nitrogens with zero attached hydrogens (tertiary/aromatic N) is 2. The Morgan fingerprint density at radius 1 is 0.629 bits per heavy atom. The lowest BCUT2D eigenvalue weighted by Gasteiger charge is -2.40. The summed E-state index contributed by atoms with van der Waals surface area (Å²) in [7, 11) is 8.26. The van der Waals surface area contributed by atoms with Crippen LogP contribution >= 0.6 is 0 Å². The van der Waals surface area contributed by atoms with Gasteiger partial charge in [0.1, 0.15) is 5.75 Å². The Balaban J connectivity index is 1.71. The van der Waals surface area contributed by atoms with Crippen molar-refractivity contribution in [2.45, 2.75) is 5.60 Å². The number of ether oxygens (including phenoxy) is 1. The molecule has 0 spiro atoms. The van der Waals surface area contributed by atoms with E-state index in [-0.39, 0.29) is 0 Å². The lowest BCUT2D eigenvalue weighted by atomic mass is 9.76. The minimum atomic E-state index is -0.807. The third-order valence-electron chi connectivity index (χ3n) is 7.06. The molecule has 0 radical (unpaired) electrons. The van der Waals surface area contributed by atoms with Crippen LogP contribution in [0.4, 0.5) is 11.4 Å². The predicted molar refractivity (Wildman–Crippen MR) is 146 cm³/mol. The number of fused-ring (bicyclic) bond motifs is 5. The summed E-state index contributed by atoms with van der Waals surface area (Å²) in [5.74, 6) is 0.875. The monoisotopic (exact) mass is 459 g/mol. The Morgan fingerprint density at radius 2 is 1.17 bits per heavy atom. The van der Waals surface area contributed by atoms with Crippen LogP contribution in [0.2, 0.25) is 0 Å². The molecule has 174 valence electrons. The molecule has 35 heavy (non-hydrogen) atoms. The smallest absolute Gasteiger partial charge is 0.187 e. The van der Waals surface area contributed by atoms with Crippen LogP contribution in [-0.2, 0) is 5.60 Å². The molecule has 4 heteroatoms. The first-order chi connectivity index (χ1) is 17.0. The van der Waals surface area contributed by atoms with Crippen LogP contribution in [0.1, 0.15) is 16.7 Å². The number of H-pyrrole nitrogens is 1. The van der Waals surface area contributed by atoms with Gasteiger partial charge in [-0.25, -0.2) is 0 Å². The highest BCUT2D eigenvalue weighted by Crippen LogP contribution is 2.53. The topological polar surface area (TPSA) is 31.5 Å². The molecule has 1 aromatic heterocycles. The molecule has 4 nitrogen and oxygen atoms in total. The maximum absolute atomic E-state index is 7.14. The van der Waals surface area contributed by atoms with Crippen molar-refractivity contribution in [2.75, 3.05) is 38.0 Å². The zero-order valence-corrected chi connectivity index (χ0v) is 20.5. The Hall–Kier alpha value is -4.18. The molecule has 0 fully saturated rings. The summed E-state index contributed by atoms with van der Waals surface area (Å²) in [6, 6.07) is 34.3. The zero-order valence-electron chi connectivity index (χ0n) is 20.5. The normalized spacial score (nSPS) is 13.6. The largest absolute Gasteiger partial charge is 0.472 e. The van der Waals surface area contributed by atoms with Crippen molar-refractivity contribution < 1.29 is 4.74 Å². The molecule has 0 saturated carbocycles. The van der Waals surface area contributed by atoms with Gasteiger partial charge in [-0.2, -0.15) is 0 Å². The van der Waals surface area contributed by atoms with Crippen LogP contribution < -0.4 is 14.5 Å². The number of hydrogen-bond acceptors (Lipinski definition) is 3. The highest BCUT2D eigenvalue weighted by atomic mass is 16.5. The molecule has 0 saturated heterocycles. The maximum Gasteiger partial charge on any atom is 0.187 e. The number of para-hydroxylation sites is 2. The quantitative estimate of drug-likeness (QED) is 0.326. The van der Waals surface area contributed by atoms with E-state index in [1.165, 1.54) is 5.39 Å². The second-order valence-corrected chi connectivity index (χ2v) is 9.58. The molecule has 5 aromatic rings. The zero-order chi connectivity index (χ0) is 24.2. The predicted octanol–water partition coefficient (Wildman–Crippen LogP) is 6.65. The Morgan fingerprint density at radius 3 is 1.77 bits per heavy atom. The second kappa shape index (κ2) is 7.95. The molecule has 0 aliphatic carbocycles. The minimum Gasteiger partial charge on any atom is -0.472 e. The van der Waals surface area contributed by atoms with Gasteiger partial charge in [-0.15, -0.1) is 0 Å². The number of aromatic amines is 1. The molecular formula is C31H29N3O. The van der Waals surface area contributed by atoms with Gasteiger partial charge in [0.2, 0.25) is 0 Å². The summed E-state index contributed by atoms with van der Waals surface area (Å²) >= 11 is 0. The van der Waals surface area contributed by atoms with Crippen LogP contribution in [0.5, 0.6) is 5.75 Å². The van der Waals surface area contributed by atoms with E-state index >= 15 is 0 Å². The molecule has 1 aliphatic heterocycles. The number of aromatic nitrogens is 1. The molecule has 0 amide bonds. The van der Waals surface area contributed by atoms with E-state index in [0.29, 0.717) is 0 Å². The molecule has 1 aliphatic rings. The Bertz CT molecular complexity index is 1460. The summed E-state index contributed by atoms with van der Waals surface area (Å²) in [5.41, 5.74) is 8.16. The van der Waals surface area contributed by atoms with Crippen LogP contribution in [0.25, 0.3) is 22.2 Å². The van der Waals surface area contributed by atoms with Gasteiger partial charge >= 0.3 is 0 Å². The van der Waals surface area contributed by atoms with Crippen LogP contribution in [0.15, 0.2) is 97.1 Å². The van der Waals surface area contributed by atoms with E-state index in [4.69, 9.17) is 4.74 Å². The van der Waals surface area contributed by atoms with E-state index in [2.05, 4.69) is 134 Å². The van der Waals surface area contributed by atoms with Crippen molar-refractivity contribution in [1.29, 1.82) is 0 Å². The molecule has 2 heterocycles. The average molecular weight is 460 g/mol. The molecule has 0 bridgehead atoms. The minimum absolute atomic E-state index is 0.807. The Kier molecular flexibility index (Phi) is 4.85. The first kappa shape index (κ1) is 21.4. The van der Waals surface area contributed by atoms with E-state index in [1.807, 2.05) is 6.07 Å². The molecule has 0 unspecified atom stereocenters. The summed E-state index contributed by atoms with van der Waals surface area (Å²) < 4.78 is 7.14. The summed E-state index contributed by atoms with van der Waals surface area (Å²) in [5, 5.41) is 1.17. The molecule has 1 N–H and O–H groups in total. The fourth-order valence-electron chi connectivity index (χ4n) is 5.25. The molecular weight excluding hydrogens is 430 g/mol. The molecule has 6 rings (SSSR count). The Labute approximate surface area is 206 Å². The number of anilines is 2. The van der Waals surface area contributed by atoms with E-state index < -0.39 is 5.60 Å². The number of benzene rings is 4. The second-order valence-electron chi connectivity index (χ2n) is 9.58. The van der Waals surface area contributed by atoms with Crippen molar-refractivity contribution in [1.82, 2.24) is 4.98 Å². The van der Waals surface area contributed by atoms with Crippen molar-refractivity contribution in [3.8, 4) is 17.0 Å². The summed E-state index contributed by atoms with van der Waals surface area (Å²) in [6.07, 6.45) is 0. The van der Waals surface area contributed by atoms with Crippen LogP contribution in [-0.4, -0.2) is 33.2 Å². The van der Waals surface area contributed by atoms with Gasteiger partial charge in [0.15, 0.2) is 5.60 Å². The summed E-state index contributed by atoms with van der Waals surface area (Å²) in [6.45, 7) is 0. The fourth-order valence-corrected chi connectivity index (χ4v) is 5.25. The number of hydrogen-bond donors (Lipinski definition) is 1. The first-order valence-electron chi connectivity index (χ1n) is 11.9. The highest BCUT2D eigenvalue weighted by Gasteiger charge is 2.46. The number of rotatable bonds is 4. The maximum atomic E-state index is 7.14. The van der Waals surface area contributed by atoms with Gasteiger partial charge in [0.25, 0.3) is 0 Å². The van der Waals surface area contributed by atoms with Gasteiger partial charge in [-0.1, -0.05) is 54.6 Å². The lowest BCUT2D eigenvalue weighted by molar-refractivity contribution is 0.153. The van der Waals surface area contributed by atoms with Gasteiger partial charge in [0.05, 0.1) is 5.69 Å². The van der Waals surface area contributed by atoms with Gasteiger partial charge in [0, 0.05) is 72.7 Å². The standard InChI is InChI=1S/C31H29N3O/c1-33(2)23-17-13-21(14-18-23)31(22-15-19-24(20-16-22)34(3)4)29-25-9-5-7-11-27(25)32-30(29)26-10-6-8-12-28(26)35-31/h5-20,32H,1-4H3. The molecule has 0 atom stereocenters. The number of nitrogens with one attached hydrogen (secondary N) is 1. The van der Waals surface area contributed by atoms with Gasteiger partial charge < -0.3 is 19.5 Å². The summed E-state index contributed by atoms with van der Waals surface area (Å²) in [4.78, 5) is 7.97. The fraction of sp³-hybridized carbons (Fsp3) is 0.161. The van der Waals surface area contributed by atoms with Gasteiger partial charge in [-0.05, 0) is 42.5 Å². The first-order valence-corrected chi connectivity index (χ1v) is 11.9. The lowest BCUT2D eigenvalue weighted by Crippen LogP contribution is -2.38. The average Bonchev–Trinajstić information content (AvgIpc) is 3.29. The van der Waals surface area contributed by atoms with E-state index in [9.17, 15) is 0 Å². The third-order valence-corrected chi connectivity index (χ3v) is 7.06. The van der Waals surface area contributed by atoms with Crippen molar-refractivity contribution >= 4 is 22.3 Å². The molecule has 4 aromatic carbocycles. The van der Waals surface area contributed by atoms with E-state index in [0.717, 1.165) is 50.6 Å². The van der Waals surface area contributed by atoms with Crippen LogP contribution in [0.3, 0.4) is 0 Å². The van der Waals surface area contributed by atoms with Crippen molar-refractivity contribution in [2.24, 2.45) is 0 Å². The van der Waals surface area contributed by atoms with Crippen LogP contribution in [0, 0.1) is 0 Å². The van der Waals surface area contributed by atoms with Crippen molar-refractivity contribution in [3.63, 3.8) is 0 Å². The van der Waals surface area contributed by atoms with Crippen molar-refractivity contribution in [3.05, 3.63) is 114 Å². The third kappa shape index (κ3) is 3.21.